The van der Waals surface area contributed by atoms with Gasteiger partial charge in [-0.05, 0) is 46.2 Å². The Kier molecular flexibility index (Phi) is 3.13. The van der Waals surface area contributed by atoms with E-state index >= 15 is 0 Å². The first-order valence-corrected chi connectivity index (χ1v) is 4.97. The Hall–Kier alpha value is -0.0800. The SMILES string of the molecule is CC1CNCCC1NC(C)(C)C. The van der Waals surface area contributed by atoms with Gasteiger partial charge in [-0.3, -0.25) is 0 Å². The van der Waals surface area contributed by atoms with E-state index in [4.69, 9.17) is 0 Å². The second kappa shape index (κ2) is 3.75. The highest BCUT2D eigenvalue weighted by Crippen LogP contribution is 2.14. The van der Waals surface area contributed by atoms with Gasteiger partial charge in [0.2, 0.25) is 0 Å². The third-order valence-electron chi connectivity index (χ3n) is 2.40. The number of hydrogen-bond acceptors (Lipinski definition) is 2. The van der Waals surface area contributed by atoms with Crippen molar-refractivity contribution >= 4 is 0 Å². The van der Waals surface area contributed by atoms with Crippen molar-refractivity contribution in [3.05, 3.63) is 0 Å². The van der Waals surface area contributed by atoms with E-state index in [-0.39, 0.29) is 5.54 Å². The van der Waals surface area contributed by atoms with Crippen molar-refractivity contribution in [3.63, 3.8) is 0 Å². The van der Waals surface area contributed by atoms with E-state index in [1.54, 1.807) is 0 Å². The molecule has 1 aliphatic rings. The molecule has 2 heteroatoms. The van der Waals surface area contributed by atoms with Crippen LogP contribution in [-0.2, 0) is 0 Å². The average Bonchev–Trinajstić information content (AvgIpc) is 1.91. The molecule has 0 aliphatic carbocycles. The number of rotatable bonds is 1. The summed E-state index contributed by atoms with van der Waals surface area (Å²) in [4.78, 5) is 0. The third-order valence-corrected chi connectivity index (χ3v) is 2.40. The molecule has 1 saturated heterocycles. The molecule has 0 aromatic heterocycles. The van der Waals surface area contributed by atoms with Crippen LogP contribution in [0.1, 0.15) is 34.1 Å². The minimum Gasteiger partial charge on any atom is -0.316 e. The highest BCUT2D eigenvalue weighted by Gasteiger charge is 2.24. The fourth-order valence-corrected chi connectivity index (χ4v) is 1.78. The zero-order valence-corrected chi connectivity index (χ0v) is 8.78. The topological polar surface area (TPSA) is 24.1 Å². The standard InChI is InChI=1S/C10H22N2/c1-8-7-11-6-5-9(8)12-10(2,3)4/h8-9,11-12H,5-7H2,1-4H3. The van der Waals surface area contributed by atoms with Crippen LogP contribution in [0.25, 0.3) is 0 Å². The maximum Gasteiger partial charge on any atom is 0.0122 e. The van der Waals surface area contributed by atoms with Crippen molar-refractivity contribution in [2.45, 2.75) is 45.7 Å². The molecule has 1 fully saturated rings. The Bertz CT molecular complexity index is 137. The van der Waals surface area contributed by atoms with Crippen LogP contribution in [0.15, 0.2) is 0 Å². The first-order chi connectivity index (χ1) is 5.49. The van der Waals surface area contributed by atoms with E-state index in [0.29, 0.717) is 6.04 Å². The summed E-state index contributed by atoms with van der Waals surface area (Å²) in [6, 6.07) is 0.700. The van der Waals surface area contributed by atoms with Crippen LogP contribution in [0, 0.1) is 5.92 Å². The van der Waals surface area contributed by atoms with E-state index in [9.17, 15) is 0 Å². The zero-order valence-electron chi connectivity index (χ0n) is 8.78. The van der Waals surface area contributed by atoms with Gasteiger partial charge in [0.05, 0.1) is 0 Å². The lowest BCUT2D eigenvalue weighted by Crippen LogP contribution is -2.52. The Morgan fingerprint density at radius 1 is 1.33 bits per heavy atom. The molecular formula is C10H22N2. The second-order valence-electron chi connectivity index (χ2n) is 4.97. The summed E-state index contributed by atoms with van der Waals surface area (Å²) in [5, 5.41) is 7.08. The first kappa shape index (κ1) is 10.0. The van der Waals surface area contributed by atoms with Crippen LogP contribution in [0.5, 0.6) is 0 Å². The van der Waals surface area contributed by atoms with Crippen LogP contribution in [-0.4, -0.2) is 24.7 Å². The summed E-state index contributed by atoms with van der Waals surface area (Å²) in [7, 11) is 0. The summed E-state index contributed by atoms with van der Waals surface area (Å²) in [6.45, 7) is 11.4. The lowest BCUT2D eigenvalue weighted by atomic mass is 9.92. The van der Waals surface area contributed by atoms with Crippen molar-refractivity contribution in [3.8, 4) is 0 Å². The molecule has 0 saturated carbocycles. The fraction of sp³-hybridized carbons (Fsp3) is 1.00. The van der Waals surface area contributed by atoms with Gasteiger partial charge in [0.25, 0.3) is 0 Å². The van der Waals surface area contributed by atoms with Gasteiger partial charge in [-0.1, -0.05) is 6.92 Å². The maximum absolute atomic E-state index is 3.67. The molecule has 12 heavy (non-hydrogen) atoms. The lowest BCUT2D eigenvalue weighted by molar-refractivity contribution is 0.243. The van der Waals surface area contributed by atoms with Crippen LogP contribution in [0.3, 0.4) is 0 Å². The Morgan fingerprint density at radius 2 is 2.00 bits per heavy atom. The monoisotopic (exact) mass is 170 g/mol. The summed E-state index contributed by atoms with van der Waals surface area (Å²) >= 11 is 0. The van der Waals surface area contributed by atoms with E-state index in [0.717, 1.165) is 19.0 Å². The Morgan fingerprint density at radius 3 is 2.50 bits per heavy atom. The average molecular weight is 170 g/mol. The molecule has 72 valence electrons. The van der Waals surface area contributed by atoms with Crippen molar-refractivity contribution in [2.24, 2.45) is 5.92 Å². The van der Waals surface area contributed by atoms with Crippen LogP contribution in [0.4, 0.5) is 0 Å². The molecule has 1 rings (SSSR count). The quantitative estimate of drug-likeness (QED) is 0.621. The molecule has 1 heterocycles. The fourth-order valence-electron chi connectivity index (χ4n) is 1.78. The van der Waals surface area contributed by atoms with Crippen LogP contribution in [0.2, 0.25) is 0 Å². The largest absolute Gasteiger partial charge is 0.316 e. The van der Waals surface area contributed by atoms with Crippen molar-refractivity contribution in [1.82, 2.24) is 10.6 Å². The first-order valence-electron chi connectivity index (χ1n) is 4.97. The van der Waals surface area contributed by atoms with Crippen molar-refractivity contribution < 1.29 is 0 Å². The molecule has 0 aromatic rings. The van der Waals surface area contributed by atoms with Gasteiger partial charge in [-0.15, -0.1) is 0 Å². The normalized spacial score (nSPS) is 32.0. The molecule has 1 aliphatic heterocycles. The highest BCUT2D eigenvalue weighted by atomic mass is 15.0. The van der Waals surface area contributed by atoms with Crippen LogP contribution >= 0.6 is 0 Å². The summed E-state index contributed by atoms with van der Waals surface area (Å²) in [5.41, 5.74) is 0.260. The maximum atomic E-state index is 3.67. The van der Waals surface area contributed by atoms with E-state index in [2.05, 4.69) is 38.3 Å². The van der Waals surface area contributed by atoms with Gasteiger partial charge in [0, 0.05) is 11.6 Å². The molecule has 0 spiro atoms. The molecule has 2 nitrogen and oxygen atoms in total. The molecule has 2 unspecified atom stereocenters. The van der Waals surface area contributed by atoms with Gasteiger partial charge >= 0.3 is 0 Å². The van der Waals surface area contributed by atoms with Crippen LogP contribution < -0.4 is 10.6 Å². The molecule has 0 aromatic carbocycles. The van der Waals surface area contributed by atoms with Crippen molar-refractivity contribution in [2.75, 3.05) is 13.1 Å². The van der Waals surface area contributed by atoms with E-state index in [1.807, 2.05) is 0 Å². The zero-order chi connectivity index (χ0) is 9.19. The molecule has 2 N–H and O–H groups in total. The highest BCUT2D eigenvalue weighted by molar-refractivity contribution is 4.85. The van der Waals surface area contributed by atoms with E-state index < -0.39 is 0 Å². The van der Waals surface area contributed by atoms with E-state index in [1.165, 1.54) is 6.42 Å². The number of nitrogens with one attached hydrogen (secondary N) is 2. The lowest BCUT2D eigenvalue weighted by Gasteiger charge is -2.35. The second-order valence-corrected chi connectivity index (χ2v) is 4.97. The minimum atomic E-state index is 0.260. The predicted molar refractivity (Wildman–Crippen MR) is 53.3 cm³/mol. The Labute approximate surface area is 76.1 Å². The Balaban J connectivity index is 2.39. The molecule has 0 amide bonds. The number of hydrogen-bond donors (Lipinski definition) is 2. The minimum absolute atomic E-state index is 0.260. The van der Waals surface area contributed by atoms with Gasteiger partial charge in [0.1, 0.15) is 0 Å². The summed E-state index contributed by atoms with van der Waals surface area (Å²) < 4.78 is 0. The smallest absolute Gasteiger partial charge is 0.0122 e. The van der Waals surface area contributed by atoms with Gasteiger partial charge in [-0.25, -0.2) is 0 Å². The molecule has 0 bridgehead atoms. The van der Waals surface area contributed by atoms with Gasteiger partial charge < -0.3 is 10.6 Å². The molecular weight excluding hydrogens is 148 g/mol. The molecule has 0 radical (unpaired) electrons. The summed E-state index contributed by atoms with van der Waals surface area (Å²) in [5.74, 6) is 0.762. The van der Waals surface area contributed by atoms with Crippen molar-refractivity contribution in [1.29, 1.82) is 0 Å². The van der Waals surface area contributed by atoms with Gasteiger partial charge in [0.15, 0.2) is 0 Å². The predicted octanol–water partition coefficient (Wildman–Crippen LogP) is 1.37. The summed E-state index contributed by atoms with van der Waals surface area (Å²) in [6.07, 6.45) is 1.26. The number of piperidine rings is 1. The third kappa shape index (κ3) is 3.11. The van der Waals surface area contributed by atoms with Gasteiger partial charge in [-0.2, -0.15) is 0 Å². The molecule has 2 atom stereocenters.